The van der Waals surface area contributed by atoms with Crippen molar-refractivity contribution in [2.45, 2.75) is 19.9 Å². The molecular formula is C23H35IN4O3. The summed E-state index contributed by atoms with van der Waals surface area (Å²) in [4.78, 5) is 6.83. The van der Waals surface area contributed by atoms with Crippen LogP contribution in [0.15, 0.2) is 47.5 Å². The van der Waals surface area contributed by atoms with Crippen LogP contribution in [-0.4, -0.2) is 58.9 Å². The average molecular weight is 542 g/mol. The van der Waals surface area contributed by atoms with Crippen molar-refractivity contribution in [1.29, 1.82) is 0 Å². The molecule has 2 N–H and O–H groups in total. The van der Waals surface area contributed by atoms with Gasteiger partial charge in [0, 0.05) is 24.8 Å². The molecule has 0 bridgehead atoms. The third-order valence-corrected chi connectivity index (χ3v) is 4.35. The predicted molar refractivity (Wildman–Crippen MR) is 139 cm³/mol. The number of hydrogen-bond acceptors (Lipinski definition) is 5. The van der Waals surface area contributed by atoms with Crippen molar-refractivity contribution in [2.24, 2.45) is 4.99 Å². The maximum atomic E-state index is 5.79. The first kappa shape index (κ1) is 26.8. The number of aliphatic imine (C=N–C) groups is 1. The van der Waals surface area contributed by atoms with E-state index in [4.69, 9.17) is 14.2 Å². The fourth-order valence-corrected chi connectivity index (χ4v) is 2.79. The standard InChI is InChI=1S/C23H34N4O3.HI/c1-6-24-23(26-19-10-13-21(28-4)22(16-19)29-5)25-17-18-8-11-20(12-9-18)30-15-7-14-27(2)3;/h8-13,16H,6-7,14-15,17H2,1-5H3,(H2,24,25,26);1H. The minimum atomic E-state index is 0. The molecular weight excluding hydrogens is 507 g/mol. The van der Waals surface area contributed by atoms with Crippen LogP contribution in [0.4, 0.5) is 5.69 Å². The Balaban J connectivity index is 0.00000480. The molecule has 0 saturated carbocycles. The molecule has 0 aliphatic rings. The number of ether oxygens (including phenoxy) is 3. The van der Waals surface area contributed by atoms with Crippen molar-refractivity contribution in [1.82, 2.24) is 10.2 Å². The van der Waals surface area contributed by atoms with Crippen molar-refractivity contribution in [3.8, 4) is 17.2 Å². The van der Waals surface area contributed by atoms with Gasteiger partial charge in [0.1, 0.15) is 5.75 Å². The van der Waals surface area contributed by atoms with Gasteiger partial charge < -0.3 is 29.7 Å². The van der Waals surface area contributed by atoms with Gasteiger partial charge >= 0.3 is 0 Å². The molecule has 0 aromatic heterocycles. The molecule has 0 unspecified atom stereocenters. The van der Waals surface area contributed by atoms with Crippen LogP contribution in [0.3, 0.4) is 0 Å². The molecule has 2 rings (SSSR count). The molecule has 0 heterocycles. The summed E-state index contributed by atoms with van der Waals surface area (Å²) in [5.74, 6) is 2.94. The Kier molecular flexibility index (Phi) is 12.8. The Morgan fingerprint density at radius 3 is 2.32 bits per heavy atom. The Morgan fingerprint density at radius 1 is 1.00 bits per heavy atom. The molecule has 2 aromatic carbocycles. The molecule has 0 fully saturated rings. The number of guanidine groups is 1. The van der Waals surface area contributed by atoms with Crippen molar-refractivity contribution >= 4 is 35.6 Å². The number of nitrogens with one attached hydrogen (secondary N) is 2. The third-order valence-electron chi connectivity index (χ3n) is 4.35. The highest BCUT2D eigenvalue weighted by molar-refractivity contribution is 14.0. The molecule has 0 aliphatic heterocycles. The van der Waals surface area contributed by atoms with Crippen molar-refractivity contribution < 1.29 is 14.2 Å². The molecule has 0 amide bonds. The van der Waals surface area contributed by atoms with Gasteiger partial charge in [-0.3, -0.25) is 0 Å². The summed E-state index contributed by atoms with van der Waals surface area (Å²) in [6.45, 7) is 5.10. The number of nitrogens with zero attached hydrogens (tertiary/aromatic N) is 2. The van der Waals surface area contributed by atoms with Crippen molar-refractivity contribution in [3.63, 3.8) is 0 Å². The summed E-state index contributed by atoms with van der Waals surface area (Å²) in [5, 5.41) is 6.57. The predicted octanol–water partition coefficient (Wildman–Crippen LogP) is 4.23. The molecule has 2 aromatic rings. The molecule has 0 atom stereocenters. The van der Waals surface area contributed by atoms with E-state index in [-0.39, 0.29) is 24.0 Å². The van der Waals surface area contributed by atoms with E-state index in [1.165, 1.54) is 0 Å². The van der Waals surface area contributed by atoms with E-state index in [2.05, 4.69) is 34.6 Å². The van der Waals surface area contributed by atoms with Gasteiger partial charge in [-0.1, -0.05) is 12.1 Å². The normalized spacial score (nSPS) is 11.0. The third kappa shape index (κ3) is 9.65. The molecule has 0 radical (unpaired) electrons. The van der Waals surface area contributed by atoms with Crippen LogP contribution in [0.5, 0.6) is 17.2 Å². The zero-order valence-corrected chi connectivity index (χ0v) is 21.4. The topological polar surface area (TPSA) is 67.4 Å². The van der Waals surface area contributed by atoms with E-state index in [9.17, 15) is 0 Å². The van der Waals surface area contributed by atoms with E-state index in [1.54, 1.807) is 14.2 Å². The summed E-state index contributed by atoms with van der Waals surface area (Å²) in [7, 11) is 7.38. The lowest BCUT2D eigenvalue weighted by atomic mass is 10.2. The second-order valence-electron chi connectivity index (χ2n) is 7.04. The zero-order valence-electron chi connectivity index (χ0n) is 19.1. The lowest BCUT2D eigenvalue weighted by Crippen LogP contribution is -2.30. The monoisotopic (exact) mass is 542 g/mol. The first-order valence-corrected chi connectivity index (χ1v) is 10.2. The molecule has 172 valence electrons. The highest BCUT2D eigenvalue weighted by Gasteiger charge is 2.06. The van der Waals surface area contributed by atoms with E-state index >= 15 is 0 Å². The van der Waals surface area contributed by atoms with E-state index in [0.717, 1.165) is 43.1 Å². The summed E-state index contributed by atoms with van der Waals surface area (Å²) in [6.07, 6.45) is 1.01. The lowest BCUT2D eigenvalue weighted by Gasteiger charge is -2.14. The highest BCUT2D eigenvalue weighted by Crippen LogP contribution is 2.29. The first-order chi connectivity index (χ1) is 14.5. The lowest BCUT2D eigenvalue weighted by molar-refractivity contribution is 0.281. The van der Waals surface area contributed by atoms with Crippen LogP contribution >= 0.6 is 24.0 Å². The molecule has 0 saturated heterocycles. The van der Waals surface area contributed by atoms with Crippen LogP contribution < -0.4 is 24.8 Å². The van der Waals surface area contributed by atoms with Crippen LogP contribution in [-0.2, 0) is 6.54 Å². The number of anilines is 1. The van der Waals surface area contributed by atoms with Gasteiger partial charge in [-0.05, 0) is 57.3 Å². The first-order valence-electron chi connectivity index (χ1n) is 10.2. The minimum absolute atomic E-state index is 0. The summed E-state index contributed by atoms with van der Waals surface area (Å²) >= 11 is 0. The van der Waals surface area contributed by atoms with Crippen molar-refractivity contribution in [2.75, 3.05) is 53.3 Å². The summed E-state index contributed by atoms with van der Waals surface area (Å²) < 4.78 is 16.4. The SMILES string of the molecule is CCNC(=NCc1ccc(OCCCN(C)C)cc1)Nc1ccc(OC)c(OC)c1.I. The van der Waals surface area contributed by atoms with Crippen LogP contribution in [0.25, 0.3) is 0 Å². The van der Waals surface area contributed by atoms with Gasteiger partial charge in [0.2, 0.25) is 0 Å². The van der Waals surface area contributed by atoms with Gasteiger partial charge in [-0.25, -0.2) is 4.99 Å². The van der Waals surface area contributed by atoms with Crippen LogP contribution in [0.2, 0.25) is 0 Å². The largest absolute Gasteiger partial charge is 0.494 e. The van der Waals surface area contributed by atoms with Gasteiger partial charge in [-0.2, -0.15) is 0 Å². The number of rotatable bonds is 11. The Hall–Kier alpha value is -2.20. The second-order valence-corrected chi connectivity index (χ2v) is 7.04. The average Bonchev–Trinajstić information content (AvgIpc) is 2.75. The second kappa shape index (κ2) is 14.7. The molecule has 8 heteroatoms. The Morgan fingerprint density at radius 2 is 1.71 bits per heavy atom. The number of benzene rings is 2. The number of halogens is 1. The quantitative estimate of drug-likeness (QED) is 0.192. The number of methoxy groups -OCH3 is 2. The molecule has 7 nitrogen and oxygen atoms in total. The fourth-order valence-electron chi connectivity index (χ4n) is 2.79. The van der Waals surface area contributed by atoms with Gasteiger partial charge in [0.25, 0.3) is 0 Å². The van der Waals surface area contributed by atoms with Gasteiger partial charge in [-0.15, -0.1) is 24.0 Å². The Labute approximate surface area is 203 Å². The van der Waals surface area contributed by atoms with Gasteiger partial charge in [0.05, 0.1) is 27.4 Å². The highest BCUT2D eigenvalue weighted by atomic mass is 127. The van der Waals surface area contributed by atoms with Gasteiger partial charge in [0.15, 0.2) is 17.5 Å². The minimum Gasteiger partial charge on any atom is -0.494 e. The summed E-state index contributed by atoms with van der Waals surface area (Å²) in [5.41, 5.74) is 1.98. The molecule has 0 aliphatic carbocycles. The van der Waals surface area contributed by atoms with E-state index in [1.807, 2.05) is 49.4 Å². The van der Waals surface area contributed by atoms with Crippen LogP contribution in [0, 0.1) is 0 Å². The molecule has 0 spiro atoms. The fraction of sp³-hybridized carbons (Fsp3) is 0.435. The maximum absolute atomic E-state index is 5.79. The number of hydrogen-bond donors (Lipinski definition) is 2. The molecule has 31 heavy (non-hydrogen) atoms. The maximum Gasteiger partial charge on any atom is 0.196 e. The van der Waals surface area contributed by atoms with E-state index < -0.39 is 0 Å². The smallest absolute Gasteiger partial charge is 0.196 e. The Bertz CT molecular complexity index is 798. The van der Waals surface area contributed by atoms with Crippen LogP contribution in [0.1, 0.15) is 18.9 Å². The van der Waals surface area contributed by atoms with E-state index in [0.29, 0.717) is 24.0 Å². The zero-order chi connectivity index (χ0) is 21.8. The van der Waals surface area contributed by atoms with Crippen molar-refractivity contribution in [3.05, 3.63) is 48.0 Å². The summed E-state index contributed by atoms with van der Waals surface area (Å²) in [6, 6.07) is 13.8.